The molecule has 96 valence electrons. The molecule has 0 saturated carbocycles. The molecule has 1 aromatic rings. The molecule has 4 heteroatoms. The second kappa shape index (κ2) is 6.99. The minimum atomic E-state index is -0.614. The summed E-state index contributed by atoms with van der Waals surface area (Å²) in [6.07, 6.45) is 2.41. The number of hydrogen-bond acceptors (Lipinski definition) is 3. The minimum Gasteiger partial charge on any atom is -0.456 e. The summed E-state index contributed by atoms with van der Waals surface area (Å²) >= 11 is 0. The molecule has 1 heterocycles. The van der Waals surface area contributed by atoms with Crippen LogP contribution < -0.4 is 0 Å². The Morgan fingerprint density at radius 3 is 2.24 bits per heavy atom. The number of ether oxygens (including phenoxy) is 1. The number of carbonyl (C=O) groups is 1. The van der Waals surface area contributed by atoms with E-state index in [0.29, 0.717) is 0 Å². The maximum absolute atomic E-state index is 12.4. The van der Waals surface area contributed by atoms with E-state index >= 15 is 0 Å². The van der Waals surface area contributed by atoms with Crippen LogP contribution in [0, 0.1) is 5.95 Å². The van der Waals surface area contributed by atoms with Crippen LogP contribution in [0.15, 0.2) is 18.3 Å². The van der Waals surface area contributed by atoms with Gasteiger partial charge in [0.15, 0.2) is 0 Å². The average Bonchev–Trinajstić information content (AvgIpc) is 2.17. The van der Waals surface area contributed by atoms with Crippen molar-refractivity contribution in [3.8, 4) is 0 Å². The van der Waals surface area contributed by atoms with Gasteiger partial charge in [-0.25, -0.2) is 9.78 Å². The molecule has 0 N–H and O–H groups in total. The van der Waals surface area contributed by atoms with Gasteiger partial charge in [0.1, 0.15) is 5.60 Å². The van der Waals surface area contributed by atoms with Crippen molar-refractivity contribution in [2.24, 2.45) is 0 Å². The SMILES string of the molecule is CC(C)(C)OC(=O)c1ccc(F)nc1.CCC. The quantitative estimate of drug-likeness (QED) is 0.557. The molecule has 1 aromatic heterocycles. The highest BCUT2D eigenvalue weighted by atomic mass is 19.1. The molecule has 0 aliphatic rings. The third-order valence-electron chi connectivity index (χ3n) is 1.36. The summed E-state index contributed by atoms with van der Waals surface area (Å²) in [5.41, 5.74) is -0.299. The Bertz CT molecular complexity index is 341. The molecule has 3 nitrogen and oxygen atoms in total. The first kappa shape index (κ1) is 15.6. The van der Waals surface area contributed by atoms with Crippen LogP contribution in [0.2, 0.25) is 0 Å². The number of carbonyl (C=O) groups excluding carboxylic acids is 1. The van der Waals surface area contributed by atoms with E-state index in [1.165, 1.54) is 12.5 Å². The van der Waals surface area contributed by atoms with Gasteiger partial charge >= 0.3 is 5.97 Å². The molecule has 0 aromatic carbocycles. The van der Waals surface area contributed by atoms with Crippen molar-refractivity contribution in [2.45, 2.75) is 46.6 Å². The van der Waals surface area contributed by atoms with Crippen LogP contribution in [0.5, 0.6) is 0 Å². The smallest absolute Gasteiger partial charge is 0.340 e. The Labute approximate surface area is 102 Å². The largest absolute Gasteiger partial charge is 0.456 e. The Balaban J connectivity index is 0.000000770. The molecular formula is C13H20FNO2. The average molecular weight is 241 g/mol. The van der Waals surface area contributed by atoms with E-state index in [4.69, 9.17) is 4.74 Å². The van der Waals surface area contributed by atoms with E-state index in [-0.39, 0.29) is 5.56 Å². The first-order valence-corrected chi connectivity index (χ1v) is 5.65. The van der Waals surface area contributed by atoms with Crippen LogP contribution in [-0.4, -0.2) is 16.6 Å². The summed E-state index contributed by atoms with van der Waals surface area (Å²) in [5, 5.41) is 0. The second-order valence-electron chi connectivity index (χ2n) is 4.58. The number of nitrogens with zero attached hydrogens (tertiary/aromatic N) is 1. The topological polar surface area (TPSA) is 39.2 Å². The predicted molar refractivity (Wildman–Crippen MR) is 65.3 cm³/mol. The molecule has 0 radical (unpaired) electrons. The summed E-state index contributed by atoms with van der Waals surface area (Å²) in [7, 11) is 0. The molecule has 0 spiro atoms. The highest BCUT2D eigenvalue weighted by Gasteiger charge is 2.17. The third kappa shape index (κ3) is 7.44. The highest BCUT2D eigenvalue weighted by Crippen LogP contribution is 2.11. The first-order valence-electron chi connectivity index (χ1n) is 5.65. The van der Waals surface area contributed by atoms with Gasteiger partial charge in [0.2, 0.25) is 5.95 Å². The standard InChI is InChI=1S/C10H12FNO2.C3H8/c1-10(2,3)14-9(13)7-4-5-8(11)12-6-7;1-3-2/h4-6H,1-3H3;3H2,1-2H3. The monoisotopic (exact) mass is 241 g/mol. The fourth-order valence-corrected chi connectivity index (χ4v) is 0.834. The van der Waals surface area contributed by atoms with E-state index in [0.717, 1.165) is 12.3 Å². The second-order valence-corrected chi connectivity index (χ2v) is 4.58. The third-order valence-corrected chi connectivity index (χ3v) is 1.36. The Morgan fingerprint density at radius 1 is 1.35 bits per heavy atom. The first-order chi connectivity index (χ1) is 7.80. The molecule has 0 fully saturated rings. The Kier molecular flexibility index (Phi) is 6.39. The van der Waals surface area contributed by atoms with E-state index in [2.05, 4.69) is 18.8 Å². The lowest BCUT2D eigenvalue weighted by atomic mass is 10.2. The number of aromatic nitrogens is 1. The van der Waals surface area contributed by atoms with Crippen molar-refractivity contribution in [3.63, 3.8) is 0 Å². The van der Waals surface area contributed by atoms with Crippen LogP contribution >= 0.6 is 0 Å². The van der Waals surface area contributed by atoms with Crippen molar-refractivity contribution < 1.29 is 13.9 Å². The predicted octanol–water partition coefficient (Wildman–Crippen LogP) is 3.59. The molecule has 0 atom stereocenters. The van der Waals surface area contributed by atoms with Crippen LogP contribution in [-0.2, 0) is 4.74 Å². The van der Waals surface area contributed by atoms with Gasteiger partial charge in [-0.2, -0.15) is 4.39 Å². The zero-order valence-electron chi connectivity index (χ0n) is 11.1. The van der Waals surface area contributed by atoms with Crippen LogP contribution in [0.1, 0.15) is 51.4 Å². The normalized spacial score (nSPS) is 10.2. The van der Waals surface area contributed by atoms with Crippen molar-refractivity contribution in [2.75, 3.05) is 0 Å². The lowest BCUT2D eigenvalue weighted by Crippen LogP contribution is -2.23. The molecule has 0 unspecified atom stereocenters. The van der Waals surface area contributed by atoms with E-state index in [1.54, 1.807) is 20.8 Å². The van der Waals surface area contributed by atoms with Crippen LogP contribution in [0.3, 0.4) is 0 Å². The highest BCUT2D eigenvalue weighted by molar-refractivity contribution is 5.89. The lowest BCUT2D eigenvalue weighted by molar-refractivity contribution is 0.00690. The lowest BCUT2D eigenvalue weighted by Gasteiger charge is -2.19. The van der Waals surface area contributed by atoms with Crippen molar-refractivity contribution in [3.05, 3.63) is 29.8 Å². The minimum absolute atomic E-state index is 0.251. The van der Waals surface area contributed by atoms with Crippen molar-refractivity contribution in [1.29, 1.82) is 0 Å². The molecule has 1 rings (SSSR count). The van der Waals surface area contributed by atoms with Gasteiger partial charge in [0.05, 0.1) is 5.56 Å². The van der Waals surface area contributed by atoms with Gasteiger partial charge in [0.25, 0.3) is 0 Å². The number of rotatable bonds is 1. The zero-order chi connectivity index (χ0) is 13.5. The van der Waals surface area contributed by atoms with Gasteiger partial charge in [-0.05, 0) is 32.9 Å². The number of esters is 1. The number of halogens is 1. The Morgan fingerprint density at radius 2 is 1.88 bits per heavy atom. The van der Waals surface area contributed by atoms with Gasteiger partial charge in [-0.1, -0.05) is 20.3 Å². The van der Waals surface area contributed by atoms with E-state index in [1.807, 2.05) is 0 Å². The molecule has 0 amide bonds. The van der Waals surface area contributed by atoms with Gasteiger partial charge in [0, 0.05) is 6.20 Å². The summed E-state index contributed by atoms with van der Waals surface area (Å²) in [5.74, 6) is -1.11. The van der Waals surface area contributed by atoms with Crippen molar-refractivity contribution in [1.82, 2.24) is 4.98 Å². The molecular weight excluding hydrogens is 221 g/mol. The van der Waals surface area contributed by atoms with Gasteiger partial charge in [-0.3, -0.25) is 0 Å². The number of pyridine rings is 1. The summed E-state index contributed by atoms with van der Waals surface area (Å²) in [4.78, 5) is 14.7. The maximum atomic E-state index is 12.4. The molecule has 0 saturated heterocycles. The fraction of sp³-hybridized carbons (Fsp3) is 0.538. The summed E-state index contributed by atoms with van der Waals surface area (Å²) < 4.78 is 17.5. The van der Waals surface area contributed by atoms with E-state index in [9.17, 15) is 9.18 Å². The van der Waals surface area contributed by atoms with Gasteiger partial charge < -0.3 is 4.74 Å². The molecule has 17 heavy (non-hydrogen) atoms. The maximum Gasteiger partial charge on any atom is 0.340 e. The zero-order valence-corrected chi connectivity index (χ0v) is 11.1. The van der Waals surface area contributed by atoms with Gasteiger partial charge in [-0.15, -0.1) is 0 Å². The van der Waals surface area contributed by atoms with Crippen molar-refractivity contribution >= 4 is 5.97 Å². The van der Waals surface area contributed by atoms with Crippen LogP contribution in [0.4, 0.5) is 4.39 Å². The summed E-state index contributed by atoms with van der Waals surface area (Å²) in [6, 6.07) is 2.47. The van der Waals surface area contributed by atoms with Crippen LogP contribution in [0.25, 0.3) is 0 Å². The molecule has 0 aliphatic carbocycles. The molecule has 0 aliphatic heterocycles. The Hall–Kier alpha value is -1.45. The van der Waals surface area contributed by atoms with E-state index < -0.39 is 17.5 Å². The summed E-state index contributed by atoms with van der Waals surface area (Å²) in [6.45, 7) is 9.55. The fourth-order valence-electron chi connectivity index (χ4n) is 0.834. The number of hydrogen-bond donors (Lipinski definition) is 0. The molecule has 0 bridgehead atoms.